The molecule has 0 saturated carbocycles. The van der Waals surface area contributed by atoms with Gasteiger partial charge in [-0.1, -0.05) is 32.1 Å². The van der Waals surface area contributed by atoms with Gasteiger partial charge >= 0.3 is 5.97 Å². The number of carbonyl (C=O) groups is 3. The van der Waals surface area contributed by atoms with Crippen LogP contribution in [-0.2, 0) is 19.1 Å². The molecule has 0 radical (unpaired) electrons. The normalized spacial score (nSPS) is 12.9. The van der Waals surface area contributed by atoms with Crippen molar-refractivity contribution in [1.82, 2.24) is 10.6 Å². The van der Waals surface area contributed by atoms with Gasteiger partial charge in [0.05, 0.1) is 7.11 Å². The second-order valence-corrected chi connectivity index (χ2v) is 6.45. The molecule has 28 heavy (non-hydrogen) atoms. The predicted octanol–water partition coefficient (Wildman–Crippen LogP) is 2.08. The van der Waals surface area contributed by atoms with Crippen LogP contribution in [-0.4, -0.2) is 43.6 Å². The van der Waals surface area contributed by atoms with E-state index < -0.39 is 29.9 Å². The smallest absolute Gasteiger partial charge is 0.329 e. The number of hydrogen-bond acceptors (Lipinski definition) is 5. The lowest BCUT2D eigenvalue weighted by Gasteiger charge is -2.22. The van der Waals surface area contributed by atoms with Gasteiger partial charge in [0.15, 0.2) is 6.10 Å². The van der Waals surface area contributed by atoms with Gasteiger partial charge in [-0.25, -0.2) is 4.79 Å². The second kappa shape index (κ2) is 11.6. The van der Waals surface area contributed by atoms with Crippen molar-refractivity contribution in [3.05, 3.63) is 48.6 Å². The van der Waals surface area contributed by atoms with Crippen LogP contribution in [0.1, 0.15) is 26.3 Å². The molecule has 7 nitrogen and oxygen atoms in total. The summed E-state index contributed by atoms with van der Waals surface area (Å²) >= 11 is 0. The van der Waals surface area contributed by atoms with Crippen molar-refractivity contribution in [3.8, 4) is 5.75 Å². The lowest BCUT2D eigenvalue weighted by atomic mass is 10.0. The highest BCUT2D eigenvalue weighted by molar-refractivity contribution is 5.95. The van der Waals surface area contributed by atoms with E-state index in [1.54, 1.807) is 51.3 Å². The van der Waals surface area contributed by atoms with Gasteiger partial charge in [-0.3, -0.25) is 9.59 Å². The largest absolute Gasteiger partial charge is 0.497 e. The van der Waals surface area contributed by atoms with Gasteiger partial charge in [0.25, 0.3) is 5.91 Å². The fourth-order valence-electron chi connectivity index (χ4n) is 2.20. The Hall–Kier alpha value is -3.09. The summed E-state index contributed by atoms with van der Waals surface area (Å²) < 4.78 is 10.3. The van der Waals surface area contributed by atoms with Gasteiger partial charge in [0.1, 0.15) is 11.8 Å². The number of ether oxygens (including phenoxy) is 2. The summed E-state index contributed by atoms with van der Waals surface area (Å²) in [6, 6.07) is 6.30. The van der Waals surface area contributed by atoms with Gasteiger partial charge in [0, 0.05) is 12.6 Å². The maximum Gasteiger partial charge on any atom is 0.329 e. The molecule has 1 rings (SSSR count). The number of carbonyl (C=O) groups excluding carboxylic acids is 3. The number of methoxy groups -OCH3 is 1. The molecule has 2 amide bonds. The van der Waals surface area contributed by atoms with Crippen molar-refractivity contribution in [2.24, 2.45) is 5.92 Å². The van der Waals surface area contributed by atoms with E-state index in [0.29, 0.717) is 0 Å². The maximum absolute atomic E-state index is 12.4. The minimum atomic E-state index is -0.972. The zero-order chi connectivity index (χ0) is 21.1. The molecule has 0 bridgehead atoms. The molecule has 0 spiro atoms. The summed E-state index contributed by atoms with van der Waals surface area (Å²) in [5.41, 5.74) is 0.812. The number of rotatable bonds is 10. The molecule has 1 aromatic rings. The van der Waals surface area contributed by atoms with Crippen LogP contribution in [0.5, 0.6) is 5.75 Å². The minimum absolute atomic E-state index is 0.214. The van der Waals surface area contributed by atoms with Crippen LogP contribution in [0.15, 0.2) is 43.0 Å². The van der Waals surface area contributed by atoms with E-state index in [2.05, 4.69) is 17.2 Å². The van der Waals surface area contributed by atoms with E-state index in [0.717, 1.165) is 11.3 Å². The van der Waals surface area contributed by atoms with E-state index in [9.17, 15) is 14.4 Å². The average molecular weight is 388 g/mol. The Morgan fingerprint density at radius 3 is 2.32 bits per heavy atom. The van der Waals surface area contributed by atoms with Gasteiger partial charge in [-0.05, 0) is 36.6 Å². The van der Waals surface area contributed by atoms with E-state index in [1.165, 1.54) is 19.1 Å². The third kappa shape index (κ3) is 7.65. The van der Waals surface area contributed by atoms with Crippen molar-refractivity contribution in [2.75, 3.05) is 13.7 Å². The zero-order valence-electron chi connectivity index (χ0n) is 16.7. The topological polar surface area (TPSA) is 93.7 Å². The van der Waals surface area contributed by atoms with Crippen LogP contribution in [0.2, 0.25) is 0 Å². The van der Waals surface area contributed by atoms with Gasteiger partial charge < -0.3 is 20.1 Å². The molecule has 152 valence electrons. The van der Waals surface area contributed by atoms with Crippen molar-refractivity contribution >= 4 is 23.9 Å². The van der Waals surface area contributed by atoms with Gasteiger partial charge in [-0.2, -0.15) is 0 Å². The molecule has 2 atom stereocenters. The number of benzene rings is 1. The highest BCUT2D eigenvalue weighted by atomic mass is 16.5. The van der Waals surface area contributed by atoms with Crippen molar-refractivity contribution in [1.29, 1.82) is 0 Å². The number of nitrogens with one attached hydrogen (secondary N) is 2. The van der Waals surface area contributed by atoms with Gasteiger partial charge in [0.2, 0.25) is 5.91 Å². The van der Waals surface area contributed by atoms with Crippen molar-refractivity contribution in [3.63, 3.8) is 0 Å². The molecule has 0 aliphatic carbocycles. The third-order valence-corrected chi connectivity index (χ3v) is 3.84. The summed E-state index contributed by atoms with van der Waals surface area (Å²) in [6.07, 6.45) is 3.52. The minimum Gasteiger partial charge on any atom is -0.497 e. The SMILES string of the molecule is C=CCNC(=O)[C@@H](C)OC(=O)[C@@H](NC(=O)/C=C/c1ccc(OC)cc1)C(C)C. The summed E-state index contributed by atoms with van der Waals surface area (Å²) in [5.74, 6) is -1.02. The van der Waals surface area contributed by atoms with E-state index >= 15 is 0 Å². The average Bonchev–Trinajstić information content (AvgIpc) is 2.68. The monoisotopic (exact) mass is 388 g/mol. The molecule has 0 saturated heterocycles. The van der Waals surface area contributed by atoms with Crippen molar-refractivity contribution < 1.29 is 23.9 Å². The first kappa shape index (κ1) is 23.0. The number of amides is 2. The number of esters is 1. The second-order valence-electron chi connectivity index (χ2n) is 6.45. The Balaban J connectivity index is 2.67. The summed E-state index contributed by atoms with van der Waals surface area (Å²) in [6.45, 7) is 8.81. The molecule has 0 aliphatic rings. The summed E-state index contributed by atoms with van der Waals surface area (Å²) in [4.78, 5) is 36.4. The third-order valence-electron chi connectivity index (χ3n) is 3.84. The Bertz CT molecular complexity index is 710. The molecular weight excluding hydrogens is 360 g/mol. The quantitative estimate of drug-likeness (QED) is 0.364. The molecule has 0 unspecified atom stereocenters. The lowest BCUT2D eigenvalue weighted by Crippen LogP contribution is -2.47. The molecule has 1 aromatic carbocycles. The first-order valence-corrected chi connectivity index (χ1v) is 9.00. The fraction of sp³-hybridized carbons (Fsp3) is 0.381. The standard InChI is InChI=1S/C21H28N2O5/c1-6-13-22-20(25)15(4)28-21(26)19(14(2)3)23-18(24)12-9-16-7-10-17(27-5)11-8-16/h6-12,14-15,19H,1,13H2,2-5H3,(H,22,25)(H,23,24)/b12-9+/t15-,19+/m1/s1. The Morgan fingerprint density at radius 1 is 1.14 bits per heavy atom. The maximum atomic E-state index is 12.4. The Morgan fingerprint density at radius 2 is 1.79 bits per heavy atom. The molecule has 7 heteroatoms. The van der Waals surface area contributed by atoms with Crippen molar-refractivity contribution in [2.45, 2.75) is 32.9 Å². The van der Waals surface area contributed by atoms with E-state index in [1.807, 2.05) is 0 Å². The van der Waals surface area contributed by atoms with Crippen LogP contribution < -0.4 is 15.4 Å². The van der Waals surface area contributed by atoms with E-state index in [-0.39, 0.29) is 12.5 Å². The van der Waals surface area contributed by atoms with Crippen LogP contribution in [0.25, 0.3) is 6.08 Å². The first-order valence-electron chi connectivity index (χ1n) is 9.00. The van der Waals surface area contributed by atoms with Crippen LogP contribution >= 0.6 is 0 Å². The van der Waals surface area contributed by atoms with Crippen LogP contribution in [0.3, 0.4) is 0 Å². The predicted molar refractivity (Wildman–Crippen MR) is 108 cm³/mol. The Kier molecular flexibility index (Phi) is 9.50. The first-order chi connectivity index (χ1) is 13.3. The molecule has 0 aliphatic heterocycles. The van der Waals surface area contributed by atoms with Crippen LogP contribution in [0, 0.1) is 5.92 Å². The molecule has 2 N–H and O–H groups in total. The molecular formula is C21H28N2O5. The molecule has 0 aromatic heterocycles. The summed E-state index contributed by atoms with van der Waals surface area (Å²) in [7, 11) is 1.58. The van der Waals surface area contributed by atoms with Crippen LogP contribution in [0.4, 0.5) is 0 Å². The highest BCUT2D eigenvalue weighted by Crippen LogP contribution is 2.12. The van der Waals surface area contributed by atoms with Gasteiger partial charge in [-0.15, -0.1) is 6.58 Å². The fourth-order valence-corrected chi connectivity index (χ4v) is 2.20. The lowest BCUT2D eigenvalue weighted by molar-refractivity contribution is -0.158. The highest BCUT2D eigenvalue weighted by Gasteiger charge is 2.28. The Labute approximate surface area is 165 Å². The van der Waals surface area contributed by atoms with E-state index in [4.69, 9.17) is 9.47 Å². The molecule has 0 fully saturated rings. The summed E-state index contributed by atoms with van der Waals surface area (Å²) in [5, 5.41) is 5.17. The number of hydrogen-bond donors (Lipinski definition) is 2. The zero-order valence-corrected chi connectivity index (χ0v) is 16.7. The molecule has 0 heterocycles.